The second-order valence-corrected chi connectivity index (χ2v) is 13.6. The Bertz CT molecular complexity index is 1840. The van der Waals surface area contributed by atoms with Crippen LogP contribution in [0.15, 0.2) is 100 Å². The number of halogens is 1. The highest BCUT2D eigenvalue weighted by molar-refractivity contribution is 9.10. The molecule has 0 radical (unpaired) electrons. The number of carbonyl (C=O) groups is 2. The van der Waals surface area contributed by atoms with E-state index in [0.29, 0.717) is 18.0 Å². The maximum atomic E-state index is 14.7. The number of ether oxygens (including phenoxy) is 4. The number of sulfonamides is 1. The van der Waals surface area contributed by atoms with E-state index in [4.69, 9.17) is 18.9 Å². The largest absolute Gasteiger partial charge is 0.497 e. The second kappa shape index (κ2) is 17.1. The zero-order valence-corrected chi connectivity index (χ0v) is 30.4. The van der Waals surface area contributed by atoms with E-state index in [1.165, 1.54) is 57.6 Å². The number of benzene rings is 4. The minimum absolute atomic E-state index is 0.0280. The third-order valence-corrected chi connectivity index (χ3v) is 10.0. The van der Waals surface area contributed by atoms with Crippen LogP contribution in [0.3, 0.4) is 0 Å². The van der Waals surface area contributed by atoms with Crippen molar-refractivity contribution in [3.63, 3.8) is 0 Å². The highest BCUT2D eigenvalue weighted by atomic mass is 79.9. The fourth-order valence-corrected chi connectivity index (χ4v) is 6.94. The summed E-state index contributed by atoms with van der Waals surface area (Å²) in [6.07, 6.45) is 0.194. The van der Waals surface area contributed by atoms with E-state index >= 15 is 0 Å². The first-order valence-electron chi connectivity index (χ1n) is 15.4. The lowest BCUT2D eigenvalue weighted by atomic mass is 10.0. The Hall–Kier alpha value is -4.75. The van der Waals surface area contributed by atoms with Crippen molar-refractivity contribution >= 4 is 43.5 Å². The molecule has 0 aliphatic carbocycles. The number of nitrogens with one attached hydrogen (secondary N) is 1. The van der Waals surface area contributed by atoms with Gasteiger partial charge in [-0.3, -0.25) is 13.9 Å². The van der Waals surface area contributed by atoms with Crippen LogP contribution < -0.4 is 28.6 Å². The number of likely N-dealkylation sites (N-methyl/N-ethyl adjacent to an activating group) is 1. The van der Waals surface area contributed by atoms with E-state index < -0.39 is 28.5 Å². The minimum atomic E-state index is -4.48. The van der Waals surface area contributed by atoms with Crippen molar-refractivity contribution in [3.8, 4) is 23.0 Å². The molecule has 0 aromatic heterocycles. The predicted molar refractivity (Wildman–Crippen MR) is 191 cm³/mol. The molecule has 0 aliphatic heterocycles. The summed E-state index contributed by atoms with van der Waals surface area (Å²) in [4.78, 5) is 29.7. The van der Waals surface area contributed by atoms with Crippen molar-refractivity contribution in [1.82, 2.24) is 10.2 Å². The fraction of sp³-hybridized carbons (Fsp3) is 0.278. The van der Waals surface area contributed by atoms with Gasteiger partial charge < -0.3 is 29.2 Å². The van der Waals surface area contributed by atoms with E-state index in [1.807, 2.05) is 54.6 Å². The molecule has 49 heavy (non-hydrogen) atoms. The van der Waals surface area contributed by atoms with Crippen molar-refractivity contribution < 1.29 is 37.0 Å². The molecule has 4 rings (SSSR count). The normalized spacial score (nSPS) is 11.6. The number of hydrogen-bond acceptors (Lipinski definition) is 8. The van der Waals surface area contributed by atoms with Gasteiger partial charge >= 0.3 is 0 Å². The summed E-state index contributed by atoms with van der Waals surface area (Å²) in [7, 11) is 1.21. The molecule has 0 spiro atoms. The number of amides is 2. The molecule has 0 fully saturated rings. The minimum Gasteiger partial charge on any atom is -0.497 e. The Morgan fingerprint density at radius 1 is 0.776 bits per heavy atom. The van der Waals surface area contributed by atoms with Gasteiger partial charge in [0.05, 0.1) is 39.0 Å². The molecule has 260 valence electrons. The summed E-state index contributed by atoms with van der Waals surface area (Å²) >= 11 is 3.45. The van der Waals surface area contributed by atoms with Crippen LogP contribution in [0.4, 0.5) is 5.69 Å². The fourth-order valence-electron chi connectivity index (χ4n) is 5.24. The lowest BCUT2D eigenvalue weighted by molar-refractivity contribution is -0.140. The number of methoxy groups -OCH3 is 4. The molecular formula is C36H40BrN3O8S. The van der Waals surface area contributed by atoms with Crippen LogP contribution in [0.2, 0.25) is 0 Å². The quantitative estimate of drug-likeness (QED) is 0.160. The molecule has 0 aliphatic rings. The number of hydrogen-bond donors (Lipinski definition) is 1. The molecule has 0 saturated carbocycles. The number of anilines is 1. The van der Waals surface area contributed by atoms with Gasteiger partial charge in [0.2, 0.25) is 11.8 Å². The van der Waals surface area contributed by atoms with Crippen LogP contribution in [0.5, 0.6) is 23.0 Å². The maximum Gasteiger partial charge on any atom is 0.265 e. The summed E-state index contributed by atoms with van der Waals surface area (Å²) in [6, 6.07) is 24.5. The molecule has 0 saturated heterocycles. The van der Waals surface area contributed by atoms with Crippen molar-refractivity contribution in [2.24, 2.45) is 0 Å². The van der Waals surface area contributed by atoms with Crippen molar-refractivity contribution in [3.05, 3.63) is 107 Å². The van der Waals surface area contributed by atoms with Gasteiger partial charge in [0.25, 0.3) is 10.0 Å². The van der Waals surface area contributed by atoms with Gasteiger partial charge in [-0.25, -0.2) is 8.42 Å². The first-order valence-corrected chi connectivity index (χ1v) is 17.6. The molecule has 1 N–H and O–H groups in total. The van der Waals surface area contributed by atoms with E-state index in [1.54, 1.807) is 19.1 Å². The standard InChI is InChI=1S/C36H40BrN3O8S/c1-6-38-36(42)31(20-25-10-8-7-9-11-25)39(23-26-12-14-27(37)15-13-26)35(41)24-40(30-21-28(45-2)16-18-32(30)46-3)49(43,44)29-17-19-33(47-4)34(22-29)48-5/h7-19,21-22,31H,6,20,23-24H2,1-5H3,(H,38,42). The summed E-state index contributed by atoms with van der Waals surface area (Å²) in [5.74, 6) is 0.0421. The molecule has 4 aromatic carbocycles. The van der Waals surface area contributed by atoms with Crippen molar-refractivity contribution in [2.45, 2.75) is 30.8 Å². The van der Waals surface area contributed by atoms with Crippen molar-refractivity contribution in [1.29, 1.82) is 0 Å². The number of nitrogens with zero attached hydrogens (tertiary/aromatic N) is 2. The van der Waals surface area contributed by atoms with Gasteiger partial charge in [0, 0.05) is 36.1 Å². The molecule has 2 amide bonds. The Balaban J connectivity index is 1.89. The molecule has 0 bridgehead atoms. The highest BCUT2D eigenvalue weighted by Crippen LogP contribution is 2.38. The average Bonchev–Trinajstić information content (AvgIpc) is 3.12. The van der Waals surface area contributed by atoms with Crippen LogP contribution in [-0.4, -0.2) is 72.7 Å². The second-order valence-electron chi connectivity index (χ2n) is 10.8. The van der Waals surface area contributed by atoms with E-state index in [-0.39, 0.29) is 41.0 Å². The lowest BCUT2D eigenvalue weighted by Gasteiger charge is -2.34. The van der Waals surface area contributed by atoms with Crippen LogP contribution in [-0.2, 0) is 32.6 Å². The maximum absolute atomic E-state index is 14.7. The van der Waals surface area contributed by atoms with Crippen LogP contribution in [0.1, 0.15) is 18.1 Å². The monoisotopic (exact) mass is 753 g/mol. The smallest absolute Gasteiger partial charge is 0.265 e. The van der Waals surface area contributed by atoms with Gasteiger partial charge in [-0.1, -0.05) is 58.4 Å². The highest BCUT2D eigenvalue weighted by Gasteiger charge is 2.36. The van der Waals surface area contributed by atoms with Gasteiger partial charge in [-0.15, -0.1) is 0 Å². The molecule has 1 atom stereocenters. The van der Waals surface area contributed by atoms with E-state index in [2.05, 4.69) is 21.2 Å². The van der Waals surface area contributed by atoms with E-state index in [0.717, 1.165) is 19.9 Å². The Morgan fingerprint density at radius 3 is 2.04 bits per heavy atom. The molecule has 0 heterocycles. The first-order chi connectivity index (χ1) is 23.6. The Labute approximate surface area is 295 Å². The summed E-state index contributed by atoms with van der Waals surface area (Å²) in [5, 5.41) is 2.86. The summed E-state index contributed by atoms with van der Waals surface area (Å²) < 4.78 is 52.7. The SMILES string of the molecule is CCNC(=O)C(Cc1ccccc1)N(Cc1ccc(Br)cc1)C(=O)CN(c1cc(OC)ccc1OC)S(=O)(=O)c1ccc(OC)c(OC)c1. The zero-order chi connectivity index (χ0) is 35.6. The third kappa shape index (κ3) is 9.04. The molecule has 13 heteroatoms. The number of rotatable bonds is 16. The van der Waals surface area contributed by atoms with Gasteiger partial charge in [-0.2, -0.15) is 0 Å². The van der Waals surface area contributed by atoms with Gasteiger partial charge in [0.1, 0.15) is 24.1 Å². The zero-order valence-electron chi connectivity index (χ0n) is 28.0. The predicted octanol–water partition coefficient (Wildman–Crippen LogP) is 5.46. The first kappa shape index (κ1) is 37.1. The third-order valence-electron chi connectivity index (χ3n) is 7.76. The van der Waals surface area contributed by atoms with Crippen LogP contribution in [0, 0.1) is 0 Å². The number of carbonyl (C=O) groups excluding carboxylic acids is 2. The van der Waals surface area contributed by atoms with E-state index in [9.17, 15) is 18.0 Å². The lowest BCUT2D eigenvalue weighted by Crippen LogP contribution is -2.53. The topological polar surface area (TPSA) is 124 Å². The van der Waals surface area contributed by atoms with Crippen molar-refractivity contribution in [2.75, 3.05) is 45.8 Å². The van der Waals surface area contributed by atoms with Crippen LogP contribution >= 0.6 is 15.9 Å². The molecule has 11 nitrogen and oxygen atoms in total. The van der Waals surface area contributed by atoms with Gasteiger partial charge in [0.15, 0.2) is 11.5 Å². The molecule has 1 unspecified atom stereocenters. The van der Waals surface area contributed by atoms with Crippen LogP contribution in [0.25, 0.3) is 0 Å². The summed E-state index contributed by atoms with van der Waals surface area (Å²) in [6.45, 7) is 1.48. The summed E-state index contributed by atoms with van der Waals surface area (Å²) in [5.41, 5.74) is 1.63. The Morgan fingerprint density at radius 2 is 1.43 bits per heavy atom. The average molecular weight is 755 g/mol. The van der Waals surface area contributed by atoms with Gasteiger partial charge in [-0.05, 0) is 54.4 Å². The molecule has 4 aromatic rings. The molecular weight excluding hydrogens is 714 g/mol. The Kier molecular flexibility index (Phi) is 12.9.